The summed E-state index contributed by atoms with van der Waals surface area (Å²) >= 11 is 0. The molecule has 99 valence electrons. The van der Waals surface area contributed by atoms with Crippen LogP contribution in [0.15, 0.2) is 67.3 Å². The third kappa shape index (κ3) is 4.66. The normalized spacial score (nSPS) is 9.05. The van der Waals surface area contributed by atoms with Crippen LogP contribution in [0.4, 0.5) is 0 Å². The molecule has 0 atom stereocenters. The molecule has 0 aliphatic rings. The van der Waals surface area contributed by atoms with E-state index < -0.39 is 5.97 Å². The molecule has 0 unspecified atom stereocenters. The predicted molar refractivity (Wildman–Crippen MR) is 79.5 cm³/mol. The first-order chi connectivity index (χ1) is 9.56. The van der Waals surface area contributed by atoms with E-state index >= 15 is 0 Å². The van der Waals surface area contributed by atoms with Crippen LogP contribution >= 0.6 is 0 Å². The van der Waals surface area contributed by atoms with Crippen molar-refractivity contribution < 1.29 is 14.7 Å². The Hall–Kier alpha value is -2.46. The van der Waals surface area contributed by atoms with Crippen LogP contribution in [0.3, 0.4) is 0 Å². The second kappa shape index (κ2) is 7.86. The molecule has 0 heterocycles. The van der Waals surface area contributed by atoms with E-state index in [4.69, 9.17) is 5.11 Å². The van der Waals surface area contributed by atoms with Gasteiger partial charge in [-0.25, -0.2) is 4.79 Å². The van der Waals surface area contributed by atoms with Crippen LogP contribution in [0.5, 0.6) is 0 Å². The zero-order valence-electron chi connectivity index (χ0n) is 10.7. The third-order valence-electron chi connectivity index (χ3n) is 2.38. The molecule has 20 heavy (non-hydrogen) atoms. The molecule has 0 amide bonds. The van der Waals surface area contributed by atoms with Crippen molar-refractivity contribution in [3.63, 3.8) is 0 Å². The standard InChI is InChI=1S/C13H9OSi.C3H4O2/c14-13(10-6-2-1-3-7-10)11-8-4-5-9-12(11)15;1-2-3(4)5/h1-9H;2H,1H2,(H,4,5). The highest BCUT2D eigenvalue weighted by molar-refractivity contribution is 6.37. The molecule has 0 saturated carbocycles. The Kier molecular flexibility index (Phi) is 6.13. The third-order valence-corrected chi connectivity index (χ3v) is 2.82. The summed E-state index contributed by atoms with van der Waals surface area (Å²) in [6.45, 7) is 2.96. The number of carbonyl (C=O) groups excluding carboxylic acids is 1. The van der Waals surface area contributed by atoms with E-state index in [1.54, 1.807) is 0 Å². The zero-order chi connectivity index (χ0) is 15.0. The van der Waals surface area contributed by atoms with Gasteiger partial charge in [-0.3, -0.25) is 4.79 Å². The number of benzene rings is 2. The second-order valence-electron chi connectivity index (χ2n) is 3.78. The van der Waals surface area contributed by atoms with Crippen molar-refractivity contribution in [3.8, 4) is 0 Å². The predicted octanol–water partition coefficient (Wildman–Crippen LogP) is 1.97. The summed E-state index contributed by atoms with van der Waals surface area (Å²) in [6, 6.07) is 16.7. The Morgan fingerprint density at radius 2 is 1.50 bits per heavy atom. The van der Waals surface area contributed by atoms with Gasteiger partial charge in [0.25, 0.3) is 0 Å². The van der Waals surface area contributed by atoms with Gasteiger partial charge < -0.3 is 5.11 Å². The lowest BCUT2D eigenvalue weighted by atomic mass is 10.0. The minimum atomic E-state index is -0.981. The molecule has 0 spiro atoms. The first kappa shape index (κ1) is 15.6. The number of carbonyl (C=O) groups is 2. The number of hydrogen-bond donors (Lipinski definition) is 1. The summed E-state index contributed by atoms with van der Waals surface area (Å²) in [5.74, 6) is -0.939. The van der Waals surface area contributed by atoms with Crippen LogP contribution in [0.25, 0.3) is 0 Å². The van der Waals surface area contributed by atoms with Crippen molar-refractivity contribution >= 4 is 27.2 Å². The number of rotatable bonds is 3. The lowest BCUT2D eigenvalue weighted by Crippen LogP contribution is -2.15. The van der Waals surface area contributed by atoms with Crippen LogP contribution in [0, 0.1) is 0 Å². The molecule has 0 bridgehead atoms. The number of aliphatic carboxylic acids is 1. The summed E-state index contributed by atoms with van der Waals surface area (Å²) in [5.41, 5.74) is 1.41. The maximum atomic E-state index is 12.0. The molecule has 0 saturated heterocycles. The van der Waals surface area contributed by atoms with E-state index in [-0.39, 0.29) is 5.78 Å². The Morgan fingerprint density at radius 3 is 2.00 bits per heavy atom. The van der Waals surface area contributed by atoms with Crippen molar-refractivity contribution in [2.75, 3.05) is 0 Å². The number of carboxylic acid groups (broad SMARTS) is 1. The van der Waals surface area contributed by atoms with Crippen LogP contribution in [-0.4, -0.2) is 27.1 Å². The fourth-order valence-corrected chi connectivity index (χ4v) is 1.72. The molecule has 0 aliphatic carbocycles. The quantitative estimate of drug-likeness (QED) is 0.531. The smallest absolute Gasteiger partial charge is 0.327 e. The van der Waals surface area contributed by atoms with E-state index in [0.29, 0.717) is 11.1 Å². The van der Waals surface area contributed by atoms with E-state index in [0.717, 1.165) is 11.3 Å². The molecule has 3 nitrogen and oxygen atoms in total. The highest BCUT2D eigenvalue weighted by Crippen LogP contribution is 2.06. The molecule has 1 N–H and O–H groups in total. The molecule has 0 fully saturated rings. The molecule has 2 aromatic rings. The van der Waals surface area contributed by atoms with Crippen molar-refractivity contribution in [1.29, 1.82) is 0 Å². The van der Waals surface area contributed by atoms with Crippen molar-refractivity contribution in [3.05, 3.63) is 78.4 Å². The SMILES string of the molecule is C=CC(=O)O.O=C(c1ccccc1)c1ccccc1[Si]. The molecular weight excluding hydrogens is 268 g/mol. The van der Waals surface area contributed by atoms with Gasteiger partial charge in [-0.1, -0.05) is 66.4 Å². The monoisotopic (exact) mass is 281 g/mol. The summed E-state index contributed by atoms with van der Waals surface area (Å²) in [7, 11) is 3.43. The van der Waals surface area contributed by atoms with Crippen molar-refractivity contribution in [2.45, 2.75) is 0 Å². The molecule has 4 heteroatoms. The number of carboxylic acids is 1. The van der Waals surface area contributed by atoms with Crippen molar-refractivity contribution in [2.24, 2.45) is 0 Å². The lowest BCUT2D eigenvalue weighted by molar-refractivity contribution is -0.131. The van der Waals surface area contributed by atoms with Crippen LogP contribution in [-0.2, 0) is 4.79 Å². The van der Waals surface area contributed by atoms with Gasteiger partial charge in [0.2, 0.25) is 0 Å². The molecule has 0 aliphatic heterocycles. The molecule has 2 rings (SSSR count). The van der Waals surface area contributed by atoms with E-state index in [2.05, 4.69) is 16.8 Å². The van der Waals surface area contributed by atoms with Crippen LogP contribution < -0.4 is 5.19 Å². The fraction of sp³-hybridized carbons (Fsp3) is 0. The molecule has 0 aromatic heterocycles. The Bertz CT molecular complexity index is 606. The Morgan fingerprint density at radius 1 is 1.00 bits per heavy atom. The van der Waals surface area contributed by atoms with E-state index in [9.17, 15) is 9.59 Å². The summed E-state index contributed by atoms with van der Waals surface area (Å²) in [6.07, 6.45) is 0.833. The number of hydrogen-bond acceptors (Lipinski definition) is 2. The summed E-state index contributed by atoms with van der Waals surface area (Å²) < 4.78 is 0. The summed E-state index contributed by atoms with van der Waals surface area (Å²) in [5, 5.41) is 8.43. The first-order valence-corrected chi connectivity index (χ1v) is 6.32. The molecular formula is C16H13O3Si. The van der Waals surface area contributed by atoms with Gasteiger partial charge in [0.15, 0.2) is 5.78 Å². The van der Waals surface area contributed by atoms with Gasteiger partial charge in [-0.15, -0.1) is 0 Å². The lowest BCUT2D eigenvalue weighted by Gasteiger charge is -2.03. The van der Waals surface area contributed by atoms with Gasteiger partial charge >= 0.3 is 5.97 Å². The fourth-order valence-electron chi connectivity index (χ4n) is 1.43. The van der Waals surface area contributed by atoms with E-state index in [1.807, 2.05) is 54.6 Å². The van der Waals surface area contributed by atoms with Crippen LogP contribution in [0.1, 0.15) is 15.9 Å². The first-order valence-electron chi connectivity index (χ1n) is 5.82. The van der Waals surface area contributed by atoms with Gasteiger partial charge in [0.1, 0.15) is 0 Å². The van der Waals surface area contributed by atoms with Crippen molar-refractivity contribution in [1.82, 2.24) is 0 Å². The van der Waals surface area contributed by atoms with Crippen LogP contribution in [0.2, 0.25) is 0 Å². The second-order valence-corrected chi connectivity index (χ2v) is 4.32. The maximum absolute atomic E-state index is 12.0. The Balaban J connectivity index is 0.000000347. The maximum Gasteiger partial charge on any atom is 0.327 e. The highest BCUT2D eigenvalue weighted by Gasteiger charge is 2.09. The van der Waals surface area contributed by atoms with Gasteiger partial charge in [-0.2, -0.15) is 0 Å². The molecule has 2 aromatic carbocycles. The molecule has 3 radical (unpaired) electrons. The Labute approximate surface area is 121 Å². The largest absolute Gasteiger partial charge is 0.478 e. The minimum absolute atomic E-state index is 0.0428. The van der Waals surface area contributed by atoms with E-state index in [1.165, 1.54) is 0 Å². The average molecular weight is 281 g/mol. The average Bonchev–Trinajstić information content (AvgIpc) is 2.48. The minimum Gasteiger partial charge on any atom is -0.478 e. The van der Waals surface area contributed by atoms with Gasteiger partial charge in [-0.05, 0) is 0 Å². The highest BCUT2D eigenvalue weighted by atomic mass is 28.1. The number of ketones is 1. The topological polar surface area (TPSA) is 54.4 Å². The van der Waals surface area contributed by atoms with Gasteiger partial charge in [0.05, 0.1) is 10.2 Å². The summed E-state index contributed by atoms with van der Waals surface area (Å²) in [4.78, 5) is 21.3. The zero-order valence-corrected chi connectivity index (χ0v) is 11.7. The van der Waals surface area contributed by atoms with Gasteiger partial charge in [0, 0.05) is 17.2 Å².